The van der Waals surface area contributed by atoms with Crippen LogP contribution in [0.1, 0.15) is 11.7 Å². The smallest absolute Gasteiger partial charge is 0.258 e. The summed E-state index contributed by atoms with van der Waals surface area (Å²) in [6.45, 7) is 0. The molecule has 0 heterocycles. The molecule has 13 heavy (non-hydrogen) atoms. The molecule has 4 heteroatoms. The molecule has 1 rings (SSSR count). The van der Waals surface area contributed by atoms with Gasteiger partial charge in [0.15, 0.2) is 6.17 Å². The number of nitro benzene ring substituents is 1. The van der Waals surface area contributed by atoms with Crippen LogP contribution in [-0.2, 0) is 0 Å². The average molecular weight is 179 g/mol. The number of nitro groups is 1. The fourth-order valence-electron chi connectivity index (χ4n) is 0.861. The van der Waals surface area contributed by atoms with Crippen LogP contribution in [0.4, 0.5) is 10.1 Å². The van der Waals surface area contributed by atoms with E-state index in [2.05, 4.69) is 0 Å². The van der Waals surface area contributed by atoms with Gasteiger partial charge in [0, 0.05) is 12.1 Å². The topological polar surface area (TPSA) is 43.1 Å². The maximum atomic E-state index is 12.8. The highest BCUT2D eigenvalue weighted by molar-refractivity contribution is 5.35. The third-order valence-corrected chi connectivity index (χ3v) is 1.54. The van der Waals surface area contributed by atoms with Gasteiger partial charge in [-0.3, -0.25) is 10.1 Å². The van der Waals surface area contributed by atoms with Gasteiger partial charge in [-0.2, -0.15) is 0 Å². The summed E-state index contributed by atoms with van der Waals surface area (Å²) in [6.07, 6.45) is 3.34. The van der Waals surface area contributed by atoms with Crippen molar-refractivity contribution in [2.24, 2.45) is 0 Å². The SMILES string of the molecule is C#CC(F)c1ccc([N+](=O)[O-])cc1. The van der Waals surface area contributed by atoms with Crippen LogP contribution in [0.5, 0.6) is 0 Å². The van der Waals surface area contributed by atoms with Crippen LogP contribution in [0, 0.1) is 22.5 Å². The first-order valence-corrected chi connectivity index (χ1v) is 3.49. The number of hydrogen-bond donors (Lipinski definition) is 0. The zero-order valence-electron chi connectivity index (χ0n) is 6.61. The molecule has 66 valence electrons. The molecule has 0 bridgehead atoms. The minimum atomic E-state index is -1.50. The van der Waals surface area contributed by atoms with Crippen LogP contribution in [0.15, 0.2) is 24.3 Å². The molecule has 0 spiro atoms. The van der Waals surface area contributed by atoms with Crippen LogP contribution < -0.4 is 0 Å². The average Bonchev–Trinajstić information content (AvgIpc) is 2.17. The molecule has 0 aliphatic carbocycles. The monoisotopic (exact) mass is 179 g/mol. The highest BCUT2D eigenvalue weighted by Crippen LogP contribution is 2.19. The number of benzene rings is 1. The molecular formula is C9H6FNO2. The first-order valence-electron chi connectivity index (χ1n) is 3.49. The van der Waals surface area contributed by atoms with Gasteiger partial charge in [-0.25, -0.2) is 4.39 Å². The summed E-state index contributed by atoms with van der Waals surface area (Å²) in [5.41, 5.74) is 0.182. The van der Waals surface area contributed by atoms with Gasteiger partial charge in [0.25, 0.3) is 5.69 Å². The maximum Gasteiger partial charge on any atom is 0.269 e. The molecule has 1 atom stereocenters. The van der Waals surface area contributed by atoms with Crippen molar-refractivity contribution in [3.8, 4) is 12.3 Å². The van der Waals surface area contributed by atoms with Gasteiger partial charge < -0.3 is 0 Å². The van der Waals surface area contributed by atoms with Crippen LogP contribution >= 0.6 is 0 Å². The molecule has 0 aliphatic heterocycles. The van der Waals surface area contributed by atoms with Gasteiger partial charge in [-0.1, -0.05) is 5.92 Å². The molecule has 1 aromatic rings. The molecule has 0 fully saturated rings. The zero-order valence-corrected chi connectivity index (χ0v) is 6.61. The Morgan fingerprint density at radius 3 is 2.38 bits per heavy atom. The summed E-state index contributed by atoms with van der Waals surface area (Å²) >= 11 is 0. The van der Waals surface area contributed by atoms with Gasteiger partial charge in [0.05, 0.1) is 4.92 Å². The van der Waals surface area contributed by atoms with E-state index in [0.29, 0.717) is 0 Å². The van der Waals surface area contributed by atoms with E-state index in [-0.39, 0.29) is 11.3 Å². The van der Waals surface area contributed by atoms with Crippen molar-refractivity contribution < 1.29 is 9.31 Å². The summed E-state index contributed by atoms with van der Waals surface area (Å²) in [4.78, 5) is 9.67. The van der Waals surface area contributed by atoms with Crippen molar-refractivity contribution in [1.29, 1.82) is 0 Å². The second-order valence-electron chi connectivity index (χ2n) is 2.38. The Hall–Kier alpha value is -1.89. The number of non-ortho nitro benzene ring substituents is 1. The summed E-state index contributed by atoms with van der Waals surface area (Å²) in [7, 11) is 0. The first kappa shape index (κ1) is 9.20. The number of halogens is 1. The molecular weight excluding hydrogens is 173 g/mol. The predicted molar refractivity (Wildman–Crippen MR) is 45.8 cm³/mol. The molecule has 0 N–H and O–H groups in total. The molecule has 0 aromatic heterocycles. The number of alkyl halides is 1. The minimum absolute atomic E-state index is 0.0760. The normalized spacial score (nSPS) is 11.7. The highest BCUT2D eigenvalue weighted by Gasteiger charge is 2.08. The standard InChI is InChI=1S/C9H6FNO2/c1-2-9(10)7-3-5-8(6-4-7)11(12)13/h1,3-6,9H. The van der Waals surface area contributed by atoms with Crippen molar-refractivity contribution in [3.63, 3.8) is 0 Å². The lowest BCUT2D eigenvalue weighted by Crippen LogP contribution is -1.90. The third kappa shape index (κ3) is 2.03. The Kier molecular flexibility index (Phi) is 2.60. The van der Waals surface area contributed by atoms with Gasteiger partial charge >= 0.3 is 0 Å². The van der Waals surface area contributed by atoms with Crippen LogP contribution in [0.2, 0.25) is 0 Å². The molecule has 0 amide bonds. The summed E-state index contributed by atoms with van der Waals surface area (Å²) in [5.74, 6) is 1.89. The lowest BCUT2D eigenvalue weighted by atomic mass is 10.1. The van der Waals surface area contributed by atoms with Crippen LogP contribution in [-0.4, -0.2) is 4.92 Å². The molecule has 3 nitrogen and oxygen atoms in total. The zero-order chi connectivity index (χ0) is 9.84. The summed E-state index contributed by atoms with van der Waals surface area (Å²) in [6, 6.07) is 5.06. The number of nitrogens with zero attached hydrogens (tertiary/aromatic N) is 1. The second kappa shape index (κ2) is 3.68. The molecule has 0 radical (unpaired) electrons. The Balaban J connectivity index is 2.95. The maximum absolute atomic E-state index is 12.8. The van der Waals surface area contributed by atoms with Gasteiger partial charge in [0.2, 0.25) is 0 Å². The van der Waals surface area contributed by atoms with E-state index < -0.39 is 11.1 Å². The Bertz CT molecular complexity index is 353. The van der Waals surface area contributed by atoms with Crippen LogP contribution in [0.3, 0.4) is 0 Å². The van der Waals surface area contributed by atoms with Crippen molar-refractivity contribution in [1.82, 2.24) is 0 Å². The lowest BCUT2D eigenvalue weighted by molar-refractivity contribution is -0.384. The fraction of sp³-hybridized carbons (Fsp3) is 0.111. The van der Waals surface area contributed by atoms with E-state index in [9.17, 15) is 14.5 Å². The van der Waals surface area contributed by atoms with Gasteiger partial charge in [-0.15, -0.1) is 6.42 Å². The van der Waals surface area contributed by atoms with Crippen molar-refractivity contribution in [2.45, 2.75) is 6.17 Å². The minimum Gasteiger partial charge on any atom is -0.258 e. The number of hydrogen-bond acceptors (Lipinski definition) is 2. The van der Waals surface area contributed by atoms with E-state index in [1.807, 2.05) is 5.92 Å². The summed E-state index contributed by atoms with van der Waals surface area (Å²) < 4.78 is 12.8. The second-order valence-corrected chi connectivity index (χ2v) is 2.38. The lowest BCUT2D eigenvalue weighted by Gasteiger charge is -1.99. The predicted octanol–water partition coefficient (Wildman–Crippen LogP) is 2.24. The van der Waals surface area contributed by atoms with Crippen molar-refractivity contribution >= 4 is 5.69 Å². The van der Waals surface area contributed by atoms with Crippen molar-refractivity contribution in [3.05, 3.63) is 39.9 Å². The molecule has 0 saturated carbocycles. The number of rotatable bonds is 2. The molecule has 0 saturated heterocycles. The third-order valence-electron chi connectivity index (χ3n) is 1.54. The van der Waals surface area contributed by atoms with Crippen LogP contribution in [0.25, 0.3) is 0 Å². The van der Waals surface area contributed by atoms with E-state index >= 15 is 0 Å². The fourth-order valence-corrected chi connectivity index (χ4v) is 0.861. The quantitative estimate of drug-likeness (QED) is 0.397. The highest BCUT2D eigenvalue weighted by atomic mass is 19.1. The van der Waals surface area contributed by atoms with E-state index in [1.165, 1.54) is 24.3 Å². The Morgan fingerprint density at radius 2 is 2.00 bits per heavy atom. The van der Waals surface area contributed by atoms with Gasteiger partial charge in [0.1, 0.15) is 0 Å². The molecule has 1 aromatic carbocycles. The molecule has 1 unspecified atom stereocenters. The van der Waals surface area contributed by atoms with E-state index in [0.717, 1.165) is 0 Å². The largest absolute Gasteiger partial charge is 0.269 e. The molecule has 0 aliphatic rings. The summed E-state index contributed by atoms with van der Waals surface area (Å²) in [5, 5.41) is 10.2. The Labute approximate surface area is 74.3 Å². The van der Waals surface area contributed by atoms with Gasteiger partial charge in [-0.05, 0) is 17.7 Å². The Morgan fingerprint density at radius 1 is 1.46 bits per heavy atom. The number of terminal acetylenes is 1. The van der Waals surface area contributed by atoms with E-state index in [4.69, 9.17) is 6.42 Å². The van der Waals surface area contributed by atoms with E-state index in [1.54, 1.807) is 0 Å². The van der Waals surface area contributed by atoms with Crippen molar-refractivity contribution in [2.75, 3.05) is 0 Å². The first-order chi connectivity index (χ1) is 6.15.